The van der Waals surface area contributed by atoms with E-state index in [0.29, 0.717) is 6.10 Å². The van der Waals surface area contributed by atoms with Gasteiger partial charge in [-0.25, -0.2) is 0 Å². The fraction of sp³-hybridized carbons (Fsp3) is 1.00. The Kier molecular flexibility index (Phi) is 2.89. The van der Waals surface area contributed by atoms with Crippen LogP contribution in [0.2, 0.25) is 0 Å². The molecule has 2 unspecified atom stereocenters. The van der Waals surface area contributed by atoms with Crippen molar-refractivity contribution in [2.24, 2.45) is 5.92 Å². The number of piperidine rings is 1. The van der Waals surface area contributed by atoms with E-state index in [1.54, 1.807) is 0 Å². The molecule has 0 spiro atoms. The fourth-order valence-corrected chi connectivity index (χ4v) is 2.71. The van der Waals surface area contributed by atoms with Gasteiger partial charge in [-0.05, 0) is 39.0 Å². The van der Waals surface area contributed by atoms with Crippen LogP contribution in [-0.2, 0) is 4.74 Å². The van der Waals surface area contributed by atoms with E-state index in [4.69, 9.17) is 4.74 Å². The van der Waals surface area contributed by atoms with Crippen LogP contribution in [0.1, 0.15) is 33.1 Å². The van der Waals surface area contributed by atoms with Gasteiger partial charge in [0.15, 0.2) is 0 Å². The van der Waals surface area contributed by atoms with Crippen LogP contribution in [0.15, 0.2) is 0 Å². The highest BCUT2D eigenvalue weighted by Crippen LogP contribution is 2.36. The highest BCUT2D eigenvalue weighted by Gasteiger charge is 2.37. The molecule has 2 aliphatic rings. The number of fused-ring (bicyclic) bond motifs is 2. The van der Waals surface area contributed by atoms with E-state index in [1.807, 2.05) is 0 Å². The summed E-state index contributed by atoms with van der Waals surface area (Å²) in [6.45, 7) is 7.62. The van der Waals surface area contributed by atoms with Gasteiger partial charge in [-0.15, -0.1) is 0 Å². The first-order chi connectivity index (χ1) is 6.25. The van der Waals surface area contributed by atoms with E-state index in [-0.39, 0.29) is 0 Å². The third-order valence-corrected chi connectivity index (χ3v) is 3.35. The quantitative estimate of drug-likeness (QED) is 0.660. The molecule has 1 aliphatic carbocycles. The lowest BCUT2D eigenvalue weighted by molar-refractivity contribution is 0.0522. The lowest BCUT2D eigenvalue weighted by atomic mass is 10.1. The van der Waals surface area contributed by atoms with E-state index in [0.717, 1.165) is 25.1 Å². The van der Waals surface area contributed by atoms with Crippen molar-refractivity contribution < 1.29 is 4.74 Å². The molecule has 0 aromatic heterocycles. The van der Waals surface area contributed by atoms with Crippen LogP contribution < -0.4 is 0 Å². The molecule has 1 heterocycles. The smallest absolute Gasteiger partial charge is 0.0597 e. The van der Waals surface area contributed by atoms with Crippen molar-refractivity contribution in [3.8, 4) is 0 Å². The van der Waals surface area contributed by atoms with Gasteiger partial charge in [0.2, 0.25) is 0 Å². The van der Waals surface area contributed by atoms with E-state index >= 15 is 0 Å². The van der Waals surface area contributed by atoms with Gasteiger partial charge in [-0.3, -0.25) is 4.90 Å². The molecule has 1 saturated carbocycles. The SMILES string of the molecule is CC(C)OCCN1CC2CCC1C2. The minimum absolute atomic E-state index is 0.389. The molecule has 2 fully saturated rings. The average Bonchev–Trinajstić information content (AvgIpc) is 2.64. The first kappa shape index (κ1) is 9.47. The fourth-order valence-electron chi connectivity index (χ4n) is 2.71. The Morgan fingerprint density at radius 3 is 2.77 bits per heavy atom. The number of rotatable bonds is 4. The normalized spacial score (nSPS) is 33.5. The summed E-state index contributed by atoms with van der Waals surface area (Å²) in [6.07, 6.45) is 4.76. The Hall–Kier alpha value is -0.0800. The van der Waals surface area contributed by atoms with Crippen LogP contribution in [0.4, 0.5) is 0 Å². The minimum Gasteiger partial charge on any atom is -0.377 e. The lowest BCUT2D eigenvalue weighted by Gasteiger charge is -2.26. The maximum Gasteiger partial charge on any atom is 0.0597 e. The molecule has 0 radical (unpaired) electrons. The van der Waals surface area contributed by atoms with Crippen LogP contribution in [0, 0.1) is 5.92 Å². The summed E-state index contributed by atoms with van der Waals surface area (Å²) in [5, 5.41) is 0. The average molecular weight is 183 g/mol. The van der Waals surface area contributed by atoms with Crippen LogP contribution in [-0.4, -0.2) is 36.7 Å². The molecule has 13 heavy (non-hydrogen) atoms. The molecule has 0 aromatic carbocycles. The summed E-state index contributed by atoms with van der Waals surface area (Å²) >= 11 is 0. The zero-order valence-electron chi connectivity index (χ0n) is 8.83. The van der Waals surface area contributed by atoms with Crippen LogP contribution in [0.25, 0.3) is 0 Å². The number of hydrogen-bond donors (Lipinski definition) is 0. The molecule has 2 bridgehead atoms. The van der Waals surface area contributed by atoms with Gasteiger partial charge in [0.25, 0.3) is 0 Å². The van der Waals surface area contributed by atoms with E-state index < -0.39 is 0 Å². The molecule has 2 rings (SSSR count). The molecule has 0 amide bonds. The monoisotopic (exact) mass is 183 g/mol. The van der Waals surface area contributed by atoms with Crippen molar-refractivity contribution in [1.29, 1.82) is 0 Å². The van der Waals surface area contributed by atoms with Crippen molar-refractivity contribution >= 4 is 0 Å². The molecule has 1 saturated heterocycles. The van der Waals surface area contributed by atoms with Crippen LogP contribution >= 0.6 is 0 Å². The Labute approximate surface area is 81.3 Å². The molecule has 1 aliphatic heterocycles. The van der Waals surface area contributed by atoms with Crippen LogP contribution in [0.5, 0.6) is 0 Å². The lowest BCUT2D eigenvalue weighted by Crippen LogP contribution is -2.35. The number of likely N-dealkylation sites (tertiary alicyclic amines) is 1. The molecule has 76 valence electrons. The number of nitrogens with zero attached hydrogens (tertiary/aromatic N) is 1. The van der Waals surface area contributed by atoms with Gasteiger partial charge < -0.3 is 4.74 Å². The Morgan fingerprint density at radius 2 is 2.23 bits per heavy atom. The Balaban J connectivity index is 1.66. The predicted molar refractivity (Wildman–Crippen MR) is 53.8 cm³/mol. The van der Waals surface area contributed by atoms with Crippen molar-refractivity contribution in [1.82, 2.24) is 4.90 Å². The molecule has 0 aromatic rings. The van der Waals surface area contributed by atoms with Crippen molar-refractivity contribution in [3.05, 3.63) is 0 Å². The molecule has 2 atom stereocenters. The summed E-state index contributed by atoms with van der Waals surface area (Å²) in [5.74, 6) is 1.02. The van der Waals surface area contributed by atoms with Crippen molar-refractivity contribution in [2.75, 3.05) is 19.7 Å². The maximum absolute atomic E-state index is 5.57. The largest absolute Gasteiger partial charge is 0.377 e. The molecule has 2 nitrogen and oxygen atoms in total. The summed E-state index contributed by atoms with van der Waals surface area (Å²) in [6, 6.07) is 0.903. The van der Waals surface area contributed by atoms with Gasteiger partial charge in [0.1, 0.15) is 0 Å². The topological polar surface area (TPSA) is 12.5 Å². The first-order valence-electron chi connectivity index (χ1n) is 5.61. The second-order valence-corrected chi connectivity index (χ2v) is 4.75. The highest BCUT2D eigenvalue weighted by atomic mass is 16.5. The van der Waals surface area contributed by atoms with Crippen LogP contribution in [0.3, 0.4) is 0 Å². The molecule has 2 heteroatoms. The summed E-state index contributed by atoms with van der Waals surface area (Å²) < 4.78 is 5.57. The van der Waals surface area contributed by atoms with Crippen molar-refractivity contribution in [2.45, 2.75) is 45.3 Å². The molecule has 0 N–H and O–H groups in total. The van der Waals surface area contributed by atoms with Gasteiger partial charge in [0.05, 0.1) is 12.7 Å². The highest BCUT2D eigenvalue weighted by molar-refractivity contribution is 4.91. The maximum atomic E-state index is 5.57. The van der Waals surface area contributed by atoms with Crippen molar-refractivity contribution in [3.63, 3.8) is 0 Å². The summed E-state index contributed by atoms with van der Waals surface area (Å²) in [4.78, 5) is 2.62. The second-order valence-electron chi connectivity index (χ2n) is 4.75. The first-order valence-corrected chi connectivity index (χ1v) is 5.61. The van der Waals surface area contributed by atoms with Gasteiger partial charge in [0, 0.05) is 19.1 Å². The number of hydrogen-bond acceptors (Lipinski definition) is 2. The minimum atomic E-state index is 0.389. The van der Waals surface area contributed by atoms with Gasteiger partial charge in [-0.2, -0.15) is 0 Å². The standard InChI is InChI=1S/C11H21NO/c1-9(2)13-6-5-12-8-10-3-4-11(12)7-10/h9-11H,3-8H2,1-2H3. The third-order valence-electron chi connectivity index (χ3n) is 3.35. The van der Waals surface area contributed by atoms with E-state index in [1.165, 1.54) is 25.8 Å². The zero-order valence-corrected chi connectivity index (χ0v) is 8.83. The predicted octanol–water partition coefficient (Wildman–Crippen LogP) is 1.90. The second kappa shape index (κ2) is 3.97. The Morgan fingerprint density at radius 1 is 1.38 bits per heavy atom. The number of ether oxygens (including phenoxy) is 1. The molecular formula is C11H21NO. The van der Waals surface area contributed by atoms with Gasteiger partial charge >= 0.3 is 0 Å². The van der Waals surface area contributed by atoms with Gasteiger partial charge in [-0.1, -0.05) is 0 Å². The third kappa shape index (κ3) is 2.23. The van der Waals surface area contributed by atoms with E-state index in [9.17, 15) is 0 Å². The van der Waals surface area contributed by atoms with E-state index in [2.05, 4.69) is 18.7 Å². The zero-order chi connectivity index (χ0) is 9.26. The summed E-state index contributed by atoms with van der Waals surface area (Å²) in [5.41, 5.74) is 0. The Bertz CT molecular complexity index is 169. The summed E-state index contributed by atoms with van der Waals surface area (Å²) in [7, 11) is 0. The molecular weight excluding hydrogens is 162 g/mol.